The fraction of sp³-hybridized carbons (Fsp3) is 0.200. The number of aryl methyl sites for hydroxylation is 2. The lowest BCUT2D eigenvalue weighted by Gasteiger charge is -2.11. The van der Waals surface area contributed by atoms with Crippen LogP contribution in [0.5, 0.6) is 5.75 Å². The Labute approximate surface area is 161 Å². The number of rotatable bonds is 3. The Bertz CT molecular complexity index is 1140. The lowest BCUT2D eigenvalue weighted by Crippen LogP contribution is -2.42. The Morgan fingerprint density at radius 3 is 2.38 bits per heavy atom. The summed E-state index contributed by atoms with van der Waals surface area (Å²) < 4.78 is 8.51. The molecule has 0 bridgehead atoms. The van der Waals surface area contributed by atoms with Crippen molar-refractivity contribution in [2.75, 3.05) is 0 Å². The van der Waals surface area contributed by atoms with Gasteiger partial charge >= 0.3 is 11.7 Å². The molecule has 0 fully saturated rings. The molecule has 0 atom stereocenters. The minimum atomic E-state index is -0.892. The lowest BCUT2D eigenvalue weighted by atomic mass is 10.3. The molecule has 0 aliphatic carbocycles. The predicted octanol–water partition coefficient (Wildman–Crippen LogP) is 2.00. The zero-order valence-electron chi connectivity index (χ0n) is 13.5. The second kappa shape index (κ2) is 6.79. The first-order valence-corrected chi connectivity index (χ1v) is 8.30. The largest absolute Gasteiger partial charge is 0.422 e. The highest BCUT2D eigenvalue weighted by atomic mass is 35.5. The van der Waals surface area contributed by atoms with E-state index < -0.39 is 23.8 Å². The third kappa shape index (κ3) is 3.11. The summed E-state index contributed by atoms with van der Waals surface area (Å²) in [5.41, 5.74) is -0.960. The van der Waals surface area contributed by atoms with E-state index in [0.717, 1.165) is 4.57 Å². The molecule has 2 heterocycles. The van der Waals surface area contributed by atoms with Crippen molar-refractivity contribution < 1.29 is 9.53 Å². The quantitative estimate of drug-likeness (QED) is 0.480. The Morgan fingerprint density at radius 1 is 1.15 bits per heavy atom. The van der Waals surface area contributed by atoms with Gasteiger partial charge in [0.15, 0.2) is 16.9 Å². The Hall–Kier alpha value is -2.29. The van der Waals surface area contributed by atoms with Crippen molar-refractivity contribution in [1.29, 1.82) is 0 Å². The van der Waals surface area contributed by atoms with Crippen molar-refractivity contribution in [3.05, 3.63) is 54.4 Å². The number of imidazole rings is 1. The van der Waals surface area contributed by atoms with Gasteiger partial charge in [0.25, 0.3) is 5.56 Å². The van der Waals surface area contributed by atoms with Gasteiger partial charge in [0.05, 0.1) is 16.4 Å². The highest BCUT2D eigenvalue weighted by molar-refractivity contribution is 6.40. The molecular formula is C15H11Cl3N4O4. The van der Waals surface area contributed by atoms with Crippen molar-refractivity contribution in [1.82, 2.24) is 18.7 Å². The number of carbonyl (C=O) groups is 1. The fourth-order valence-electron chi connectivity index (χ4n) is 2.44. The molecule has 11 heteroatoms. The third-order valence-electron chi connectivity index (χ3n) is 3.67. The van der Waals surface area contributed by atoms with Gasteiger partial charge in [-0.3, -0.25) is 9.36 Å². The smallest absolute Gasteiger partial charge is 0.333 e. The first kappa shape index (κ1) is 18.5. The molecule has 0 unspecified atom stereocenters. The summed E-state index contributed by atoms with van der Waals surface area (Å²) in [7, 11) is 3.06. The van der Waals surface area contributed by atoms with Gasteiger partial charge in [-0.15, -0.1) is 0 Å². The molecule has 0 radical (unpaired) electrons. The topological polar surface area (TPSA) is 88.1 Å². The number of nitrogens with zero attached hydrogens (tertiary/aromatic N) is 4. The monoisotopic (exact) mass is 416 g/mol. The zero-order chi connectivity index (χ0) is 19.2. The van der Waals surface area contributed by atoms with E-state index in [9.17, 15) is 14.4 Å². The number of ether oxygens (including phenoxy) is 1. The second-order valence-electron chi connectivity index (χ2n) is 5.43. The maximum atomic E-state index is 12.6. The number of halogens is 3. The molecule has 2 aromatic heterocycles. The first-order valence-electron chi connectivity index (χ1n) is 7.16. The number of fused-ring (bicyclic) bond motifs is 1. The van der Waals surface area contributed by atoms with E-state index in [1.165, 1.54) is 34.6 Å². The molecule has 26 heavy (non-hydrogen) atoms. The van der Waals surface area contributed by atoms with Crippen molar-refractivity contribution >= 4 is 51.9 Å². The Morgan fingerprint density at radius 2 is 1.77 bits per heavy atom. The highest BCUT2D eigenvalue weighted by Gasteiger charge is 2.19. The van der Waals surface area contributed by atoms with Crippen LogP contribution in [-0.4, -0.2) is 24.7 Å². The van der Waals surface area contributed by atoms with Crippen molar-refractivity contribution in [2.45, 2.75) is 6.54 Å². The minimum absolute atomic E-state index is 0.0261. The van der Waals surface area contributed by atoms with Crippen LogP contribution in [0.3, 0.4) is 0 Å². The molecule has 3 rings (SSSR count). The SMILES string of the molecule is Cn1cnc2c1c(=O)n(CC(=O)Oc1c(Cl)cc(Cl)cc1Cl)c(=O)n2C. The summed E-state index contributed by atoms with van der Waals surface area (Å²) in [6.07, 6.45) is 1.40. The van der Waals surface area contributed by atoms with Crippen LogP contribution in [0.2, 0.25) is 15.1 Å². The molecule has 0 amide bonds. The molecule has 0 spiro atoms. The van der Waals surface area contributed by atoms with Crippen LogP contribution in [0, 0.1) is 0 Å². The molecule has 136 valence electrons. The summed E-state index contributed by atoms with van der Waals surface area (Å²) >= 11 is 17.7. The summed E-state index contributed by atoms with van der Waals surface area (Å²) in [5, 5.41) is 0.322. The standard InChI is InChI=1S/C15H11Cl3N4O4/c1-20-6-19-13-11(20)14(24)22(15(25)21(13)2)5-10(23)26-12-8(17)3-7(16)4-9(12)18/h3-4,6H,5H2,1-2H3. The van der Waals surface area contributed by atoms with Gasteiger partial charge < -0.3 is 9.30 Å². The third-order valence-corrected chi connectivity index (χ3v) is 4.45. The molecule has 0 aliphatic rings. The van der Waals surface area contributed by atoms with Crippen LogP contribution in [0.25, 0.3) is 11.2 Å². The van der Waals surface area contributed by atoms with Crippen LogP contribution >= 0.6 is 34.8 Å². The van der Waals surface area contributed by atoms with Crippen molar-refractivity contribution in [2.24, 2.45) is 14.1 Å². The van der Waals surface area contributed by atoms with E-state index in [1.54, 1.807) is 7.05 Å². The van der Waals surface area contributed by atoms with E-state index in [-0.39, 0.29) is 32.0 Å². The summed E-state index contributed by atoms with van der Waals surface area (Å²) in [4.78, 5) is 41.2. The average Bonchev–Trinajstić information content (AvgIpc) is 2.95. The first-order chi connectivity index (χ1) is 12.2. The van der Waals surface area contributed by atoms with E-state index in [0.29, 0.717) is 0 Å². The van der Waals surface area contributed by atoms with Crippen LogP contribution < -0.4 is 16.0 Å². The number of hydrogen-bond acceptors (Lipinski definition) is 5. The Balaban J connectivity index is 2.00. The molecule has 0 saturated heterocycles. The van der Waals surface area contributed by atoms with Gasteiger partial charge in [-0.05, 0) is 12.1 Å². The van der Waals surface area contributed by atoms with E-state index in [2.05, 4.69) is 4.98 Å². The fourth-order valence-corrected chi connectivity index (χ4v) is 3.33. The molecule has 0 N–H and O–H groups in total. The van der Waals surface area contributed by atoms with Crippen LogP contribution in [0.4, 0.5) is 0 Å². The average molecular weight is 418 g/mol. The van der Waals surface area contributed by atoms with E-state index in [1.807, 2.05) is 0 Å². The van der Waals surface area contributed by atoms with Gasteiger partial charge in [0, 0.05) is 19.1 Å². The van der Waals surface area contributed by atoms with Gasteiger partial charge in [-0.2, -0.15) is 0 Å². The van der Waals surface area contributed by atoms with Crippen LogP contribution in [0.15, 0.2) is 28.0 Å². The zero-order valence-corrected chi connectivity index (χ0v) is 15.8. The number of hydrogen-bond donors (Lipinski definition) is 0. The summed E-state index contributed by atoms with van der Waals surface area (Å²) in [6, 6.07) is 2.70. The maximum absolute atomic E-state index is 12.6. The molecule has 8 nitrogen and oxygen atoms in total. The van der Waals surface area contributed by atoms with Crippen LogP contribution in [0.1, 0.15) is 0 Å². The number of aromatic nitrogens is 4. The summed E-state index contributed by atoms with van der Waals surface area (Å²) in [6.45, 7) is -0.623. The summed E-state index contributed by atoms with van der Waals surface area (Å²) in [5.74, 6) is -0.994. The van der Waals surface area contributed by atoms with Gasteiger partial charge in [0.1, 0.15) is 6.54 Å². The highest BCUT2D eigenvalue weighted by Crippen LogP contribution is 2.35. The van der Waals surface area contributed by atoms with Gasteiger partial charge in [0.2, 0.25) is 0 Å². The molecule has 0 aliphatic heterocycles. The number of benzene rings is 1. The predicted molar refractivity (Wildman–Crippen MR) is 97.3 cm³/mol. The second-order valence-corrected chi connectivity index (χ2v) is 6.68. The van der Waals surface area contributed by atoms with Gasteiger partial charge in [-0.25, -0.2) is 19.1 Å². The maximum Gasteiger partial charge on any atom is 0.333 e. The van der Waals surface area contributed by atoms with Crippen LogP contribution in [-0.2, 0) is 25.4 Å². The Kier molecular flexibility index (Phi) is 4.83. The van der Waals surface area contributed by atoms with E-state index >= 15 is 0 Å². The minimum Gasteiger partial charge on any atom is -0.422 e. The lowest BCUT2D eigenvalue weighted by molar-refractivity contribution is -0.135. The number of carbonyl (C=O) groups excluding carboxylic acids is 1. The molecule has 1 aromatic carbocycles. The molecule has 3 aromatic rings. The van der Waals surface area contributed by atoms with Gasteiger partial charge in [-0.1, -0.05) is 34.8 Å². The molecular weight excluding hydrogens is 407 g/mol. The van der Waals surface area contributed by atoms with Crippen molar-refractivity contribution in [3.63, 3.8) is 0 Å². The number of esters is 1. The van der Waals surface area contributed by atoms with E-state index in [4.69, 9.17) is 39.5 Å². The normalized spacial score (nSPS) is 11.1. The molecule has 0 saturated carbocycles. The van der Waals surface area contributed by atoms with Crippen molar-refractivity contribution in [3.8, 4) is 5.75 Å².